The predicted octanol–water partition coefficient (Wildman–Crippen LogP) is 1.53. The predicted molar refractivity (Wildman–Crippen MR) is 77.2 cm³/mol. The maximum atomic E-state index is 11.1. The molecule has 104 valence electrons. The number of rotatable bonds is 4. The summed E-state index contributed by atoms with van der Waals surface area (Å²) in [6, 6.07) is 4.03. The second kappa shape index (κ2) is 6.86. The standard InChI is InChI=1S/C13H18BrN3O2/c1-19-13(18)4-5-16-6-8-17(9-7-16)12-3-2-11(14)10-15-12/h2-3,10H,4-9H2,1H3. The third kappa shape index (κ3) is 4.18. The Morgan fingerprint density at radius 3 is 2.68 bits per heavy atom. The summed E-state index contributed by atoms with van der Waals surface area (Å²) in [6.45, 7) is 4.56. The van der Waals surface area contributed by atoms with E-state index in [0.717, 1.165) is 43.0 Å². The molecule has 1 aliphatic rings. The first-order valence-corrected chi connectivity index (χ1v) is 7.14. The molecule has 0 aliphatic carbocycles. The topological polar surface area (TPSA) is 45.7 Å². The zero-order valence-corrected chi connectivity index (χ0v) is 12.6. The van der Waals surface area contributed by atoms with E-state index >= 15 is 0 Å². The SMILES string of the molecule is COC(=O)CCN1CCN(c2ccc(Br)cn2)CC1. The smallest absolute Gasteiger partial charge is 0.306 e. The number of hydrogen-bond acceptors (Lipinski definition) is 5. The fourth-order valence-electron chi connectivity index (χ4n) is 2.11. The molecule has 0 radical (unpaired) electrons. The monoisotopic (exact) mass is 327 g/mol. The largest absolute Gasteiger partial charge is 0.469 e. The lowest BCUT2D eigenvalue weighted by atomic mass is 10.3. The number of methoxy groups -OCH3 is 1. The Morgan fingerprint density at radius 1 is 1.37 bits per heavy atom. The van der Waals surface area contributed by atoms with Gasteiger partial charge in [-0.2, -0.15) is 0 Å². The first-order chi connectivity index (χ1) is 9.19. The van der Waals surface area contributed by atoms with Crippen molar-refractivity contribution in [2.45, 2.75) is 6.42 Å². The van der Waals surface area contributed by atoms with Gasteiger partial charge in [0, 0.05) is 43.4 Å². The molecular formula is C13H18BrN3O2. The molecule has 1 aromatic rings. The number of anilines is 1. The van der Waals surface area contributed by atoms with Gasteiger partial charge in [-0.1, -0.05) is 0 Å². The number of carbonyl (C=O) groups excluding carboxylic acids is 1. The van der Waals surface area contributed by atoms with E-state index in [9.17, 15) is 4.79 Å². The molecule has 19 heavy (non-hydrogen) atoms. The van der Waals surface area contributed by atoms with Crippen LogP contribution in [-0.2, 0) is 9.53 Å². The van der Waals surface area contributed by atoms with E-state index in [4.69, 9.17) is 0 Å². The molecule has 5 nitrogen and oxygen atoms in total. The highest BCUT2D eigenvalue weighted by molar-refractivity contribution is 9.10. The van der Waals surface area contributed by atoms with Crippen LogP contribution in [0.1, 0.15) is 6.42 Å². The highest BCUT2D eigenvalue weighted by atomic mass is 79.9. The molecule has 1 saturated heterocycles. The molecular weight excluding hydrogens is 310 g/mol. The number of carbonyl (C=O) groups is 1. The van der Waals surface area contributed by atoms with Gasteiger partial charge < -0.3 is 9.64 Å². The summed E-state index contributed by atoms with van der Waals surface area (Å²) in [5, 5.41) is 0. The molecule has 0 amide bonds. The zero-order chi connectivity index (χ0) is 13.7. The Kier molecular flexibility index (Phi) is 5.15. The normalized spacial score (nSPS) is 16.4. The van der Waals surface area contributed by atoms with Crippen LogP contribution >= 0.6 is 15.9 Å². The summed E-state index contributed by atoms with van der Waals surface area (Å²) in [5.41, 5.74) is 0. The van der Waals surface area contributed by atoms with Crippen LogP contribution in [0.2, 0.25) is 0 Å². The maximum Gasteiger partial charge on any atom is 0.306 e. The average Bonchev–Trinajstić information content (AvgIpc) is 2.46. The van der Waals surface area contributed by atoms with E-state index in [1.807, 2.05) is 18.3 Å². The minimum absolute atomic E-state index is 0.142. The molecule has 0 unspecified atom stereocenters. The van der Waals surface area contributed by atoms with Crippen LogP contribution in [0, 0.1) is 0 Å². The first-order valence-electron chi connectivity index (χ1n) is 6.34. The van der Waals surface area contributed by atoms with Crippen LogP contribution in [0.5, 0.6) is 0 Å². The van der Waals surface area contributed by atoms with Crippen molar-refractivity contribution in [3.63, 3.8) is 0 Å². The van der Waals surface area contributed by atoms with E-state index < -0.39 is 0 Å². The highest BCUT2D eigenvalue weighted by Gasteiger charge is 2.18. The van der Waals surface area contributed by atoms with Gasteiger partial charge in [0.25, 0.3) is 0 Å². The number of esters is 1. The number of pyridine rings is 1. The Balaban J connectivity index is 1.79. The van der Waals surface area contributed by atoms with Gasteiger partial charge in [0.15, 0.2) is 0 Å². The van der Waals surface area contributed by atoms with E-state index in [0.29, 0.717) is 6.42 Å². The summed E-state index contributed by atoms with van der Waals surface area (Å²) in [4.78, 5) is 20.0. The number of aromatic nitrogens is 1. The molecule has 6 heteroatoms. The molecule has 2 rings (SSSR count). The van der Waals surface area contributed by atoms with Crippen LogP contribution in [0.15, 0.2) is 22.8 Å². The fraction of sp³-hybridized carbons (Fsp3) is 0.538. The van der Waals surface area contributed by atoms with Crippen LogP contribution in [-0.4, -0.2) is 55.7 Å². The van der Waals surface area contributed by atoms with Crippen LogP contribution in [0.4, 0.5) is 5.82 Å². The molecule has 0 spiro atoms. The number of ether oxygens (including phenoxy) is 1. The number of nitrogens with zero attached hydrogens (tertiary/aromatic N) is 3. The summed E-state index contributed by atoms with van der Waals surface area (Å²) in [7, 11) is 1.43. The van der Waals surface area contributed by atoms with Crippen molar-refractivity contribution < 1.29 is 9.53 Å². The number of piperazine rings is 1. The van der Waals surface area contributed by atoms with Gasteiger partial charge in [-0.3, -0.25) is 9.69 Å². The van der Waals surface area contributed by atoms with Crippen molar-refractivity contribution in [2.24, 2.45) is 0 Å². The molecule has 1 aliphatic heterocycles. The van der Waals surface area contributed by atoms with Gasteiger partial charge in [-0.25, -0.2) is 4.98 Å². The van der Waals surface area contributed by atoms with Gasteiger partial charge in [0.1, 0.15) is 5.82 Å². The van der Waals surface area contributed by atoms with Crippen LogP contribution in [0.3, 0.4) is 0 Å². The Hall–Kier alpha value is -1.14. The van der Waals surface area contributed by atoms with Crippen molar-refractivity contribution in [1.29, 1.82) is 0 Å². The first kappa shape index (κ1) is 14.3. The van der Waals surface area contributed by atoms with E-state index in [1.165, 1.54) is 7.11 Å². The summed E-state index contributed by atoms with van der Waals surface area (Å²) >= 11 is 3.39. The lowest BCUT2D eigenvalue weighted by Gasteiger charge is -2.35. The fourth-order valence-corrected chi connectivity index (χ4v) is 2.34. The van der Waals surface area contributed by atoms with Gasteiger partial charge in [-0.15, -0.1) is 0 Å². The van der Waals surface area contributed by atoms with Gasteiger partial charge in [0.2, 0.25) is 0 Å². The Bertz CT molecular complexity index is 416. The molecule has 0 aromatic carbocycles. The third-order valence-corrected chi connectivity index (χ3v) is 3.74. The van der Waals surface area contributed by atoms with E-state index in [2.05, 4.69) is 35.5 Å². The Morgan fingerprint density at radius 2 is 2.11 bits per heavy atom. The lowest BCUT2D eigenvalue weighted by Crippen LogP contribution is -2.47. The van der Waals surface area contributed by atoms with Crippen molar-refractivity contribution in [2.75, 3.05) is 44.7 Å². The minimum atomic E-state index is -0.142. The van der Waals surface area contributed by atoms with Crippen molar-refractivity contribution in [1.82, 2.24) is 9.88 Å². The molecule has 1 aromatic heterocycles. The van der Waals surface area contributed by atoms with Crippen LogP contribution < -0.4 is 4.90 Å². The van der Waals surface area contributed by atoms with Crippen LogP contribution in [0.25, 0.3) is 0 Å². The van der Waals surface area contributed by atoms with Crippen molar-refractivity contribution >= 4 is 27.7 Å². The summed E-state index contributed by atoms with van der Waals surface area (Å²) in [6.07, 6.45) is 2.28. The van der Waals surface area contributed by atoms with Crippen molar-refractivity contribution in [3.05, 3.63) is 22.8 Å². The molecule has 0 atom stereocenters. The highest BCUT2D eigenvalue weighted by Crippen LogP contribution is 2.16. The quantitative estimate of drug-likeness (QED) is 0.785. The van der Waals surface area contributed by atoms with Gasteiger partial charge >= 0.3 is 5.97 Å². The summed E-state index contributed by atoms with van der Waals surface area (Å²) in [5.74, 6) is 0.868. The van der Waals surface area contributed by atoms with Gasteiger partial charge in [-0.05, 0) is 28.1 Å². The van der Waals surface area contributed by atoms with Crippen molar-refractivity contribution in [3.8, 4) is 0 Å². The second-order valence-electron chi connectivity index (χ2n) is 4.49. The van der Waals surface area contributed by atoms with Gasteiger partial charge in [0.05, 0.1) is 13.5 Å². The maximum absolute atomic E-state index is 11.1. The molecule has 0 N–H and O–H groups in total. The lowest BCUT2D eigenvalue weighted by molar-refractivity contribution is -0.141. The zero-order valence-electron chi connectivity index (χ0n) is 11.0. The molecule has 0 saturated carbocycles. The Labute approximate surface area is 121 Å². The average molecular weight is 328 g/mol. The molecule has 2 heterocycles. The number of halogens is 1. The summed E-state index contributed by atoms with van der Waals surface area (Å²) < 4.78 is 5.65. The molecule has 0 bridgehead atoms. The second-order valence-corrected chi connectivity index (χ2v) is 5.41. The molecule has 1 fully saturated rings. The van der Waals surface area contributed by atoms with E-state index in [1.54, 1.807) is 0 Å². The third-order valence-electron chi connectivity index (χ3n) is 3.27. The number of hydrogen-bond donors (Lipinski definition) is 0. The minimum Gasteiger partial charge on any atom is -0.469 e. The van der Waals surface area contributed by atoms with E-state index in [-0.39, 0.29) is 5.97 Å².